The Kier molecular flexibility index (Phi) is 7.17. The van der Waals surface area contributed by atoms with Gasteiger partial charge in [0.2, 0.25) is 9.84 Å². The monoisotopic (exact) mass is 356 g/mol. The van der Waals surface area contributed by atoms with E-state index in [4.69, 9.17) is 0 Å². The minimum atomic E-state index is -3.57. The summed E-state index contributed by atoms with van der Waals surface area (Å²) < 4.78 is 26.1. The van der Waals surface area contributed by atoms with Crippen molar-refractivity contribution in [1.82, 2.24) is 0 Å². The van der Waals surface area contributed by atoms with E-state index in [1.807, 2.05) is 30.3 Å². The summed E-state index contributed by atoms with van der Waals surface area (Å²) in [4.78, 5) is 1.16. The third-order valence-corrected chi connectivity index (χ3v) is 6.50. The fraction of sp³-hybridized carbons (Fsp3) is 0.200. The molecule has 0 bridgehead atoms. The highest BCUT2D eigenvalue weighted by molar-refractivity contribution is 8.18. The zero-order valence-electron chi connectivity index (χ0n) is 13.6. The molecule has 0 atom stereocenters. The van der Waals surface area contributed by atoms with Gasteiger partial charge in [-0.15, -0.1) is 0 Å². The SMILES string of the molecule is CCCCC#C/C=C(\Sc1ccccc1)S(=O)(=O)c1ccccc1. The second kappa shape index (κ2) is 9.36. The van der Waals surface area contributed by atoms with Crippen molar-refractivity contribution in [2.24, 2.45) is 0 Å². The molecule has 0 aliphatic heterocycles. The first-order valence-electron chi connectivity index (χ1n) is 7.86. The van der Waals surface area contributed by atoms with Crippen LogP contribution in [0.4, 0.5) is 0 Å². The van der Waals surface area contributed by atoms with Gasteiger partial charge in [-0.3, -0.25) is 0 Å². The van der Waals surface area contributed by atoms with Gasteiger partial charge in [0.15, 0.2) is 0 Å². The van der Waals surface area contributed by atoms with Crippen molar-refractivity contribution >= 4 is 21.6 Å². The standard InChI is InChI=1S/C20H20O2S2/c1-2-3-4-5-12-17-20(23-18-13-8-6-9-14-18)24(21,22)19-15-10-7-11-16-19/h6-11,13-17H,2-4H2,1H3/b20-17+. The molecule has 4 heteroatoms. The molecule has 0 heterocycles. The summed E-state index contributed by atoms with van der Waals surface area (Å²) in [5.41, 5.74) is 0. The van der Waals surface area contributed by atoms with E-state index < -0.39 is 9.84 Å². The van der Waals surface area contributed by atoms with Gasteiger partial charge in [-0.1, -0.05) is 73.3 Å². The summed E-state index contributed by atoms with van der Waals surface area (Å²) in [5, 5.41) is 0. The average Bonchev–Trinajstić information content (AvgIpc) is 2.62. The van der Waals surface area contributed by atoms with Gasteiger partial charge < -0.3 is 0 Å². The quantitative estimate of drug-likeness (QED) is 0.401. The van der Waals surface area contributed by atoms with Crippen LogP contribution in [0.1, 0.15) is 26.2 Å². The molecule has 0 saturated carbocycles. The third-order valence-electron chi connectivity index (χ3n) is 3.23. The predicted octanol–water partition coefficient (Wildman–Crippen LogP) is 5.29. The highest BCUT2D eigenvalue weighted by atomic mass is 32.3. The minimum absolute atomic E-state index is 0.254. The molecular formula is C20H20O2S2. The van der Waals surface area contributed by atoms with Crippen molar-refractivity contribution in [3.8, 4) is 11.8 Å². The zero-order valence-corrected chi connectivity index (χ0v) is 15.2. The van der Waals surface area contributed by atoms with E-state index in [2.05, 4.69) is 18.8 Å². The van der Waals surface area contributed by atoms with E-state index in [0.717, 1.165) is 24.2 Å². The van der Waals surface area contributed by atoms with Gasteiger partial charge >= 0.3 is 0 Å². The lowest BCUT2D eigenvalue weighted by Gasteiger charge is -2.08. The Labute approximate surface area is 148 Å². The van der Waals surface area contributed by atoms with Crippen LogP contribution in [0.5, 0.6) is 0 Å². The van der Waals surface area contributed by atoms with Gasteiger partial charge in [0, 0.05) is 17.4 Å². The summed E-state index contributed by atoms with van der Waals surface area (Å²) >= 11 is 1.22. The first-order chi connectivity index (χ1) is 11.6. The Hall–Kier alpha value is -1.96. The highest BCUT2D eigenvalue weighted by Crippen LogP contribution is 2.33. The third kappa shape index (κ3) is 5.30. The van der Waals surface area contributed by atoms with E-state index in [1.165, 1.54) is 17.8 Å². The average molecular weight is 357 g/mol. The Morgan fingerprint density at radius 1 is 1.04 bits per heavy atom. The lowest BCUT2D eigenvalue weighted by atomic mass is 10.2. The predicted molar refractivity (Wildman–Crippen MR) is 101 cm³/mol. The van der Waals surface area contributed by atoms with Crippen LogP contribution in [0.3, 0.4) is 0 Å². The molecule has 2 aromatic carbocycles. The molecule has 0 N–H and O–H groups in total. The molecule has 24 heavy (non-hydrogen) atoms. The van der Waals surface area contributed by atoms with Crippen molar-refractivity contribution in [3.63, 3.8) is 0 Å². The maximum Gasteiger partial charge on any atom is 0.213 e. The fourth-order valence-corrected chi connectivity index (χ4v) is 4.55. The Bertz CT molecular complexity index is 827. The van der Waals surface area contributed by atoms with Gasteiger partial charge in [0.05, 0.1) is 4.90 Å². The second-order valence-electron chi connectivity index (χ2n) is 5.12. The van der Waals surface area contributed by atoms with Crippen LogP contribution in [0, 0.1) is 11.8 Å². The van der Waals surface area contributed by atoms with Crippen LogP contribution in [0.15, 0.2) is 80.8 Å². The number of hydrogen-bond acceptors (Lipinski definition) is 3. The van der Waals surface area contributed by atoms with Crippen LogP contribution in [-0.4, -0.2) is 8.42 Å². The van der Waals surface area contributed by atoms with E-state index in [9.17, 15) is 8.42 Å². The summed E-state index contributed by atoms with van der Waals surface area (Å²) in [6.45, 7) is 2.11. The maximum atomic E-state index is 12.9. The number of unbranched alkanes of at least 4 members (excludes halogenated alkanes) is 2. The molecule has 0 fully saturated rings. The number of rotatable bonds is 6. The molecule has 0 unspecified atom stereocenters. The summed E-state index contributed by atoms with van der Waals surface area (Å²) in [7, 11) is -3.57. The molecule has 0 spiro atoms. The van der Waals surface area contributed by atoms with E-state index in [-0.39, 0.29) is 9.13 Å². The van der Waals surface area contributed by atoms with Crippen molar-refractivity contribution in [3.05, 3.63) is 71.0 Å². The summed E-state index contributed by atoms with van der Waals surface area (Å²) in [6, 6.07) is 18.0. The summed E-state index contributed by atoms with van der Waals surface area (Å²) in [6.07, 6.45) is 4.40. The van der Waals surface area contributed by atoms with E-state index in [1.54, 1.807) is 30.3 Å². The molecule has 2 rings (SSSR count). The normalized spacial score (nSPS) is 11.6. The molecule has 124 valence electrons. The molecule has 2 aromatic rings. The molecule has 0 saturated heterocycles. The lowest BCUT2D eigenvalue weighted by Crippen LogP contribution is -2.02. The van der Waals surface area contributed by atoms with Crippen LogP contribution in [-0.2, 0) is 9.84 Å². The molecular weight excluding hydrogens is 336 g/mol. The lowest BCUT2D eigenvalue weighted by molar-refractivity contribution is 0.604. The summed E-state index contributed by atoms with van der Waals surface area (Å²) in [5.74, 6) is 5.93. The number of allylic oxidation sites excluding steroid dienone is 1. The molecule has 0 aromatic heterocycles. The Morgan fingerprint density at radius 2 is 1.67 bits per heavy atom. The number of hydrogen-bond donors (Lipinski definition) is 0. The largest absolute Gasteiger partial charge is 0.218 e. The maximum absolute atomic E-state index is 12.9. The van der Waals surface area contributed by atoms with Crippen molar-refractivity contribution in [2.75, 3.05) is 0 Å². The smallest absolute Gasteiger partial charge is 0.213 e. The van der Waals surface area contributed by atoms with Crippen molar-refractivity contribution < 1.29 is 8.42 Å². The van der Waals surface area contributed by atoms with Gasteiger partial charge in [-0.2, -0.15) is 0 Å². The number of thioether (sulfide) groups is 1. The van der Waals surface area contributed by atoms with Gasteiger partial charge in [-0.05, 0) is 30.7 Å². The van der Waals surface area contributed by atoms with E-state index in [0.29, 0.717) is 0 Å². The molecule has 2 nitrogen and oxygen atoms in total. The van der Waals surface area contributed by atoms with Crippen molar-refractivity contribution in [1.29, 1.82) is 0 Å². The highest BCUT2D eigenvalue weighted by Gasteiger charge is 2.21. The number of benzene rings is 2. The van der Waals surface area contributed by atoms with Gasteiger partial charge in [-0.25, -0.2) is 8.42 Å². The Morgan fingerprint density at radius 3 is 2.29 bits per heavy atom. The molecule has 0 radical (unpaired) electrons. The molecule has 0 aliphatic carbocycles. The van der Waals surface area contributed by atoms with Crippen LogP contribution in [0.25, 0.3) is 0 Å². The minimum Gasteiger partial charge on any atom is -0.218 e. The Balaban J connectivity index is 2.34. The second-order valence-corrected chi connectivity index (χ2v) is 8.41. The first kappa shape index (κ1) is 18.4. The topological polar surface area (TPSA) is 34.1 Å². The number of sulfone groups is 1. The van der Waals surface area contributed by atoms with Crippen LogP contribution < -0.4 is 0 Å². The zero-order chi connectivity index (χ0) is 17.3. The van der Waals surface area contributed by atoms with E-state index >= 15 is 0 Å². The molecule has 0 aliphatic rings. The van der Waals surface area contributed by atoms with Crippen molar-refractivity contribution in [2.45, 2.75) is 36.0 Å². The fourth-order valence-electron chi connectivity index (χ4n) is 1.93. The first-order valence-corrected chi connectivity index (χ1v) is 10.2. The van der Waals surface area contributed by atoms with Gasteiger partial charge in [0.1, 0.15) is 4.24 Å². The molecule has 0 amide bonds. The van der Waals surface area contributed by atoms with Crippen LogP contribution in [0.2, 0.25) is 0 Å². The van der Waals surface area contributed by atoms with Crippen LogP contribution >= 0.6 is 11.8 Å². The van der Waals surface area contributed by atoms with Gasteiger partial charge in [0.25, 0.3) is 0 Å².